The van der Waals surface area contributed by atoms with Crippen LogP contribution in [0.4, 0.5) is 0 Å². The second-order valence-corrected chi connectivity index (χ2v) is 19.2. The Labute approximate surface area is 322 Å². The molecule has 2 heterocycles. The molecule has 2 aliphatic heterocycles. The van der Waals surface area contributed by atoms with E-state index in [0.29, 0.717) is 18.3 Å². The SMILES string of the molecule is C=C(CCC=C(C)C)C1CCC2(C)C1C(O)CC1C3(C)CCC(OC4OC(OC)C(O)C(O)C4OC4OC(OC)C(O)C(O)C4O)C(C)(C)C3CCC12C. The Bertz CT molecular complexity index is 1370. The summed E-state index contributed by atoms with van der Waals surface area (Å²) >= 11 is 0. The number of rotatable bonds is 10. The monoisotopic (exact) mass is 766 g/mol. The lowest BCUT2D eigenvalue weighted by molar-refractivity contribution is -0.408. The molecule has 4 aliphatic carbocycles. The molecule has 12 nitrogen and oxygen atoms in total. The number of hydrogen-bond acceptors (Lipinski definition) is 12. The predicted octanol–water partition coefficient (Wildman–Crippen LogP) is 4.18. The molecule has 0 aromatic heterocycles. The van der Waals surface area contributed by atoms with Crippen molar-refractivity contribution in [1.29, 1.82) is 0 Å². The number of fused-ring (bicyclic) bond motifs is 5. The van der Waals surface area contributed by atoms with Crippen LogP contribution in [0.5, 0.6) is 0 Å². The summed E-state index contributed by atoms with van der Waals surface area (Å²) in [6, 6.07) is 0. The van der Waals surface area contributed by atoms with Crippen molar-refractivity contribution in [3.8, 4) is 0 Å². The normalized spacial score (nSPS) is 51.5. The summed E-state index contributed by atoms with van der Waals surface area (Å²) in [4.78, 5) is 0. The van der Waals surface area contributed by atoms with Crippen molar-refractivity contribution < 1.29 is 59.1 Å². The third kappa shape index (κ3) is 6.89. The van der Waals surface area contributed by atoms with Crippen LogP contribution >= 0.6 is 0 Å². The highest BCUT2D eigenvalue weighted by atomic mass is 16.8. The minimum absolute atomic E-state index is 0.00520. The van der Waals surface area contributed by atoms with Crippen molar-refractivity contribution >= 4 is 0 Å². The molecule has 54 heavy (non-hydrogen) atoms. The zero-order valence-corrected chi connectivity index (χ0v) is 34.0. The first-order valence-electron chi connectivity index (χ1n) is 20.3. The van der Waals surface area contributed by atoms with E-state index in [1.54, 1.807) is 0 Å². The Balaban J connectivity index is 1.22. The van der Waals surface area contributed by atoms with Gasteiger partial charge in [-0.05, 0) is 117 Å². The number of aliphatic hydroxyl groups is 6. The van der Waals surface area contributed by atoms with Crippen LogP contribution in [0, 0.1) is 45.3 Å². The summed E-state index contributed by atoms with van der Waals surface area (Å²) in [6.45, 7) is 20.8. The van der Waals surface area contributed by atoms with E-state index in [-0.39, 0.29) is 39.6 Å². The number of ether oxygens (including phenoxy) is 6. The number of aliphatic hydroxyl groups excluding tert-OH is 6. The van der Waals surface area contributed by atoms with Crippen molar-refractivity contribution in [1.82, 2.24) is 0 Å². The Hall–Kier alpha value is -1.00. The molecule has 6 aliphatic rings. The fourth-order valence-corrected chi connectivity index (χ4v) is 12.9. The van der Waals surface area contributed by atoms with Crippen LogP contribution < -0.4 is 0 Å². The summed E-state index contributed by atoms with van der Waals surface area (Å²) in [6.07, 6.45) is -4.54. The first-order valence-corrected chi connectivity index (χ1v) is 20.3. The first kappa shape index (κ1) is 42.6. The minimum atomic E-state index is -1.69. The average molecular weight is 767 g/mol. The Morgan fingerprint density at radius 3 is 1.93 bits per heavy atom. The van der Waals surface area contributed by atoms with Gasteiger partial charge in [-0.25, -0.2) is 0 Å². The zero-order chi connectivity index (χ0) is 39.7. The molecule has 0 aromatic rings. The van der Waals surface area contributed by atoms with Crippen molar-refractivity contribution in [3.05, 3.63) is 23.8 Å². The molecular formula is C42H70O12. The van der Waals surface area contributed by atoms with Gasteiger partial charge in [-0.15, -0.1) is 0 Å². The molecule has 4 saturated carbocycles. The molecule has 310 valence electrons. The van der Waals surface area contributed by atoms with Crippen LogP contribution in [-0.4, -0.2) is 119 Å². The van der Waals surface area contributed by atoms with Crippen LogP contribution in [0.25, 0.3) is 0 Å². The van der Waals surface area contributed by atoms with Gasteiger partial charge < -0.3 is 59.1 Å². The predicted molar refractivity (Wildman–Crippen MR) is 199 cm³/mol. The van der Waals surface area contributed by atoms with Crippen molar-refractivity contribution in [2.24, 2.45) is 45.3 Å². The van der Waals surface area contributed by atoms with Gasteiger partial charge in [0.25, 0.3) is 0 Å². The molecule has 0 radical (unpaired) electrons. The maximum absolute atomic E-state index is 12.1. The zero-order valence-electron chi connectivity index (χ0n) is 34.0. The van der Waals surface area contributed by atoms with Gasteiger partial charge in [0.05, 0.1) is 12.2 Å². The Kier molecular flexibility index (Phi) is 12.3. The highest BCUT2D eigenvalue weighted by Crippen LogP contribution is 2.75. The van der Waals surface area contributed by atoms with E-state index in [0.717, 1.165) is 51.4 Å². The molecular weight excluding hydrogens is 696 g/mol. The summed E-state index contributed by atoms with van der Waals surface area (Å²) in [5, 5.41) is 65.9. The van der Waals surface area contributed by atoms with Crippen molar-refractivity contribution in [2.45, 2.75) is 180 Å². The van der Waals surface area contributed by atoms with Crippen LogP contribution in [0.2, 0.25) is 0 Å². The van der Waals surface area contributed by atoms with Crippen molar-refractivity contribution in [2.75, 3.05) is 14.2 Å². The maximum atomic E-state index is 12.1. The largest absolute Gasteiger partial charge is 0.393 e. The molecule has 0 bridgehead atoms. The highest BCUT2D eigenvalue weighted by molar-refractivity contribution is 5.22. The van der Waals surface area contributed by atoms with E-state index >= 15 is 0 Å². The third-order valence-electron chi connectivity index (χ3n) is 16.0. The van der Waals surface area contributed by atoms with E-state index in [1.165, 1.54) is 25.4 Å². The van der Waals surface area contributed by atoms with Gasteiger partial charge >= 0.3 is 0 Å². The topological polar surface area (TPSA) is 177 Å². The lowest BCUT2D eigenvalue weighted by Crippen LogP contribution is -2.67. The molecule has 19 unspecified atom stereocenters. The second kappa shape index (κ2) is 15.6. The van der Waals surface area contributed by atoms with E-state index in [2.05, 4.69) is 61.1 Å². The van der Waals surface area contributed by atoms with Gasteiger partial charge in [-0.2, -0.15) is 0 Å². The lowest BCUT2D eigenvalue weighted by atomic mass is 9.35. The number of allylic oxidation sites excluding steroid dienone is 3. The molecule has 12 heteroatoms. The summed E-state index contributed by atoms with van der Waals surface area (Å²) in [5.74, 6) is 1.11. The first-order chi connectivity index (χ1) is 25.3. The van der Waals surface area contributed by atoms with E-state index in [1.807, 2.05) is 0 Å². The van der Waals surface area contributed by atoms with Gasteiger partial charge in [0.2, 0.25) is 0 Å². The molecule has 0 amide bonds. The van der Waals surface area contributed by atoms with Gasteiger partial charge in [0, 0.05) is 14.2 Å². The second-order valence-electron chi connectivity index (χ2n) is 19.2. The van der Waals surface area contributed by atoms with Crippen molar-refractivity contribution in [3.63, 3.8) is 0 Å². The van der Waals surface area contributed by atoms with Gasteiger partial charge in [0.15, 0.2) is 25.2 Å². The smallest absolute Gasteiger partial charge is 0.190 e. The lowest BCUT2D eigenvalue weighted by Gasteiger charge is -2.70. The molecule has 2 saturated heterocycles. The quantitative estimate of drug-likeness (QED) is 0.138. The van der Waals surface area contributed by atoms with Crippen LogP contribution in [-0.2, 0) is 28.4 Å². The Morgan fingerprint density at radius 1 is 0.704 bits per heavy atom. The standard InChI is InChI=1S/C42H70O12/c1-21(2)12-11-13-22(3)23-14-18-42(8)28(23)24(43)20-26-40(6)17-16-27(39(4,5)25(40)15-19-41(26,42)7)51-38-34(30(45)33(48)36(50-10)54-38)52-37-32(47)29(44)31(46)35(49-9)53-37/h12,23-38,43-48H,3,11,13-20H2,1-2,4-10H3. The molecule has 6 N–H and O–H groups in total. The maximum Gasteiger partial charge on any atom is 0.190 e. The van der Waals surface area contributed by atoms with E-state index in [9.17, 15) is 30.6 Å². The van der Waals surface area contributed by atoms with Gasteiger partial charge in [0.1, 0.15) is 36.6 Å². The molecule has 0 aromatic carbocycles. The molecule has 6 fully saturated rings. The van der Waals surface area contributed by atoms with Crippen LogP contribution in [0.1, 0.15) is 106 Å². The number of methoxy groups -OCH3 is 2. The van der Waals surface area contributed by atoms with E-state index < -0.39 is 67.9 Å². The third-order valence-corrected chi connectivity index (χ3v) is 16.0. The average Bonchev–Trinajstić information content (AvgIpc) is 3.49. The number of hydrogen-bond donors (Lipinski definition) is 6. The highest BCUT2D eigenvalue weighted by Gasteiger charge is 2.70. The summed E-state index contributed by atoms with van der Waals surface area (Å²) in [7, 11) is 2.64. The van der Waals surface area contributed by atoms with E-state index in [4.69, 9.17) is 28.4 Å². The fourth-order valence-electron chi connectivity index (χ4n) is 12.9. The molecule has 6 rings (SSSR count). The minimum Gasteiger partial charge on any atom is -0.393 e. The molecule has 0 spiro atoms. The van der Waals surface area contributed by atoms with Crippen LogP contribution in [0.3, 0.4) is 0 Å². The van der Waals surface area contributed by atoms with Gasteiger partial charge in [-0.3, -0.25) is 0 Å². The van der Waals surface area contributed by atoms with Gasteiger partial charge in [-0.1, -0.05) is 58.4 Å². The summed E-state index contributed by atoms with van der Waals surface area (Å²) in [5.41, 5.74) is 2.23. The Morgan fingerprint density at radius 2 is 1.30 bits per heavy atom. The summed E-state index contributed by atoms with van der Waals surface area (Å²) < 4.78 is 35.1. The fraction of sp³-hybridized carbons (Fsp3) is 0.905. The molecule has 19 atom stereocenters. The van der Waals surface area contributed by atoms with Crippen LogP contribution in [0.15, 0.2) is 23.8 Å².